The van der Waals surface area contributed by atoms with Crippen molar-refractivity contribution in [2.45, 2.75) is 13.0 Å². The lowest BCUT2D eigenvalue weighted by molar-refractivity contribution is -0.384. The molecule has 1 aromatic carbocycles. The SMILES string of the molecule is CCOC(=O)C=C[C@H](O)c1ccc([N+](=O)[O-])cc1. The fourth-order valence-corrected chi connectivity index (χ4v) is 1.26. The number of nitro groups is 1. The van der Waals surface area contributed by atoms with Crippen molar-refractivity contribution in [2.75, 3.05) is 6.61 Å². The minimum absolute atomic E-state index is 0.0553. The molecule has 0 aliphatic carbocycles. The molecule has 6 heteroatoms. The summed E-state index contributed by atoms with van der Waals surface area (Å²) in [7, 11) is 0. The van der Waals surface area contributed by atoms with Crippen molar-refractivity contribution in [2.24, 2.45) is 0 Å². The third kappa shape index (κ3) is 3.99. The summed E-state index contributed by atoms with van der Waals surface area (Å²) >= 11 is 0. The van der Waals surface area contributed by atoms with Gasteiger partial charge in [0.25, 0.3) is 5.69 Å². The number of esters is 1. The van der Waals surface area contributed by atoms with Gasteiger partial charge in [-0.2, -0.15) is 0 Å². The second-order valence-corrected chi connectivity index (χ2v) is 3.40. The normalized spacial score (nSPS) is 12.3. The van der Waals surface area contributed by atoms with Gasteiger partial charge < -0.3 is 9.84 Å². The van der Waals surface area contributed by atoms with E-state index < -0.39 is 17.0 Å². The van der Waals surface area contributed by atoms with E-state index in [1.165, 1.54) is 30.3 Å². The van der Waals surface area contributed by atoms with Crippen molar-refractivity contribution in [3.05, 3.63) is 52.1 Å². The molecule has 0 bridgehead atoms. The van der Waals surface area contributed by atoms with E-state index in [0.717, 1.165) is 6.08 Å². The van der Waals surface area contributed by atoms with Crippen molar-refractivity contribution in [1.29, 1.82) is 0 Å². The van der Waals surface area contributed by atoms with Crippen LogP contribution < -0.4 is 0 Å². The highest BCUT2D eigenvalue weighted by Gasteiger charge is 2.08. The van der Waals surface area contributed by atoms with Crippen LogP contribution in [-0.2, 0) is 9.53 Å². The molecule has 0 aliphatic rings. The van der Waals surface area contributed by atoms with Gasteiger partial charge in [0, 0.05) is 18.2 Å². The molecule has 0 radical (unpaired) electrons. The Balaban J connectivity index is 2.69. The van der Waals surface area contributed by atoms with Crippen LogP contribution in [0.1, 0.15) is 18.6 Å². The van der Waals surface area contributed by atoms with Gasteiger partial charge in [0.15, 0.2) is 0 Å². The van der Waals surface area contributed by atoms with E-state index in [-0.39, 0.29) is 12.3 Å². The molecule has 18 heavy (non-hydrogen) atoms. The standard InChI is InChI=1S/C12H13NO5/c1-2-18-12(15)8-7-11(14)9-3-5-10(6-4-9)13(16)17/h3-8,11,14H,2H2,1H3/t11-/m0/s1. The maximum atomic E-state index is 11.0. The fraction of sp³-hybridized carbons (Fsp3) is 0.250. The molecule has 96 valence electrons. The molecule has 0 unspecified atom stereocenters. The lowest BCUT2D eigenvalue weighted by Crippen LogP contribution is -2.01. The van der Waals surface area contributed by atoms with Gasteiger partial charge in [0.1, 0.15) is 0 Å². The lowest BCUT2D eigenvalue weighted by Gasteiger charge is -2.05. The Bertz CT molecular complexity index is 452. The van der Waals surface area contributed by atoms with Gasteiger partial charge in [0.2, 0.25) is 0 Å². The summed E-state index contributed by atoms with van der Waals surface area (Å²) in [5.74, 6) is -0.543. The molecule has 6 nitrogen and oxygen atoms in total. The summed E-state index contributed by atoms with van der Waals surface area (Å²) in [6.07, 6.45) is 1.38. The van der Waals surface area contributed by atoms with Crippen LogP contribution in [0.5, 0.6) is 0 Å². The Kier molecular flexibility index (Phi) is 5.01. The summed E-state index contributed by atoms with van der Waals surface area (Å²) < 4.78 is 4.65. The number of aliphatic hydroxyl groups is 1. The van der Waals surface area contributed by atoms with E-state index >= 15 is 0 Å². The number of benzene rings is 1. The first kappa shape index (κ1) is 13.9. The van der Waals surface area contributed by atoms with Crippen molar-refractivity contribution in [1.82, 2.24) is 0 Å². The summed E-state index contributed by atoms with van der Waals surface area (Å²) in [6.45, 7) is 1.94. The number of carbonyl (C=O) groups is 1. The van der Waals surface area contributed by atoms with Crippen molar-refractivity contribution < 1.29 is 19.6 Å². The smallest absolute Gasteiger partial charge is 0.330 e. The van der Waals surface area contributed by atoms with E-state index in [4.69, 9.17) is 0 Å². The number of ether oxygens (including phenoxy) is 1. The molecule has 1 atom stereocenters. The van der Waals surface area contributed by atoms with E-state index in [1.807, 2.05) is 0 Å². The second-order valence-electron chi connectivity index (χ2n) is 3.40. The van der Waals surface area contributed by atoms with Crippen molar-refractivity contribution in [3.63, 3.8) is 0 Å². The average molecular weight is 251 g/mol. The summed E-state index contributed by atoms with van der Waals surface area (Å²) in [5.41, 5.74) is 0.404. The Morgan fingerprint density at radius 3 is 2.61 bits per heavy atom. The number of nitro benzene ring substituents is 1. The Labute approximate surface area is 104 Å². The van der Waals surface area contributed by atoms with Gasteiger partial charge in [-0.15, -0.1) is 0 Å². The molecule has 0 amide bonds. The minimum atomic E-state index is -1.00. The number of hydrogen-bond acceptors (Lipinski definition) is 5. The number of aliphatic hydroxyl groups excluding tert-OH is 1. The average Bonchev–Trinajstić information content (AvgIpc) is 2.36. The van der Waals surface area contributed by atoms with E-state index in [0.29, 0.717) is 5.56 Å². The number of rotatable bonds is 5. The molecular weight excluding hydrogens is 238 g/mol. The molecule has 0 spiro atoms. The first-order chi connectivity index (χ1) is 8.54. The zero-order valence-electron chi connectivity index (χ0n) is 9.78. The van der Waals surface area contributed by atoms with Gasteiger partial charge in [-0.05, 0) is 30.7 Å². The van der Waals surface area contributed by atoms with Crippen LogP contribution in [0.15, 0.2) is 36.4 Å². The quantitative estimate of drug-likeness (QED) is 0.372. The topological polar surface area (TPSA) is 89.7 Å². The van der Waals surface area contributed by atoms with E-state index in [2.05, 4.69) is 4.74 Å². The van der Waals surface area contributed by atoms with Crippen molar-refractivity contribution in [3.8, 4) is 0 Å². The van der Waals surface area contributed by atoms with Crippen LogP contribution in [0.25, 0.3) is 0 Å². The Morgan fingerprint density at radius 2 is 2.11 bits per heavy atom. The Hall–Kier alpha value is -2.21. The van der Waals surface area contributed by atoms with Crippen LogP contribution in [0, 0.1) is 10.1 Å². The molecule has 0 heterocycles. The van der Waals surface area contributed by atoms with Gasteiger partial charge in [-0.25, -0.2) is 4.79 Å². The number of non-ortho nitro benzene ring substituents is 1. The number of hydrogen-bond donors (Lipinski definition) is 1. The molecular formula is C12H13NO5. The van der Waals surface area contributed by atoms with Crippen LogP contribution >= 0.6 is 0 Å². The van der Waals surface area contributed by atoms with E-state index in [1.54, 1.807) is 6.92 Å². The molecule has 0 aromatic heterocycles. The molecule has 0 aliphatic heterocycles. The third-order valence-electron chi connectivity index (χ3n) is 2.15. The first-order valence-electron chi connectivity index (χ1n) is 5.32. The van der Waals surface area contributed by atoms with Gasteiger partial charge in [-0.1, -0.05) is 0 Å². The first-order valence-corrected chi connectivity index (χ1v) is 5.32. The highest BCUT2D eigenvalue weighted by molar-refractivity contribution is 5.82. The highest BCUT2D eigenvalue weighted by Crippen LogP contribution is 2.18. The Morgan fingerprint density at radius 1 is 1.50 bits per heavy atom. The maximum Gasteiger partial charge on any atom is 0.330 e. The molecule has 0 saturated carbocycles. The number of carbonyl (C=O) groups excluding carboxylic acids is 1. The molecule has 1 N–H and O–H groups in total. The molecule has 0 fully saturated rings. The third-order valence-corrected chi connectivity index (χ3v) is 2.15. The summed E-state index contributed by atoms with van der Waals surface area (Å²) in [5, 5.41) is 20.1. The monoisotopic (exact) mass is 251 g/mol. The summed E-state index contributed by atoms with van der Waals surface area (Å²) in [6, 6.07) is 5.43. The second kappa shape index (κ2) is 6.51. The van der Waals surface area contributed by atoms with Crippen LogP contribution in [0.3, 0.4) is 0 Å². The zero-order chi connectivity index (χ0) is 13.5. The van der Waals surface area contributed by atoms with Crippen LogP contribution in [0.4, 0.5) is 5.69 Å². The highest BCUT2D eigenvalue weighted by atomic mass is 16.6. The molecule has 1 aromatic rings. The fourth-order valence-electron chi connectivity index (χ4n) is 1.26. The predicted molar refractivity (Wildman–Crippen MR) is 63.8 cm³/mol. The zero-order valence-corrected chi connectivity index (χ0v) is 9.78. The van der Waals surface area contributed by atoms with E-state index in [9.17, 15) is 20.0 Å². The van der Waals surface area contributed by atoms with Gasteiger partial charge in [-0.3, -0.25) is 10.1 Å². The minimum Gasteiger partial charge on any atom is -0.463 e. The summed E-state index contributed by atoms with van der Waals surface area (Å²) in [4.78, 5) is 20.9. The molecule has 1 rings (SSSR count). The number of nitrogens with zero attached hydrogens (tertiary/aromatic N) is 1. The van der Waals surface area contributed by atoms with Crippen molar-refractivity contribution >= 4 is 11.7 Å². The van der Waals surface area contributed by atoms with Gasteiger partial charge >= 0.3 is 5.97 Å². The largest absolute Gasteiger partial charge is 0.463 e. The predicted octanol–water partition coefficient (Wildman–Crippen LogP) is 1.75. The maximum absolute atomic E-state index is 11.0. The van der Waals surface area contributed by atoms with Gasteiger partial charge in [0.05, 0.1) is 17.6 Å². The van der Waals surface area contributed by atoms with Crippen LogP contribution in [0.2, 0.25) is 0 Å². The molecule has 0 saturated heterocycles. The lowest BCUT2D eigenvalue weighted by atomic mass is 10.1. The van der Waals surface area contributed by atoms with Crippen LogP contribution in [-0.4, -0.2) is 22.6 Å².